The SMILES string of the molecule is CCN(CC)c1ccc(NC(=O)N[C@@H]2CCN3CCCC[C@H]23)cn1. The molecule has 1 aromatic rings. The largest absolute Gasteiger partial charge is 0.357 e. The number of urea groups is 1. The number of fused-ring (bicyclic) bond motifs is 1. The van der Waals surface area contributed by atoms with Gasteiger partial charge in [0, 0.05) is 31.7 Å². The second-order valence-electron chi connectivity index (χ2n) is 6.67. The molecule has 0 aliphatic carbocycles. The number of hydrogen-bond acceptors (Lipinski definition) is 4. The van der Waals surface area contributed by atoms with E-state index in [2.05, 4.69) is 39.3 Å². The van der Waals surface area contributed by atoms with E-state index in [1.165, 1.54) is 25.8 Å². The summed E-state index contributed by atoms with van der Waals surface area (Å²) in [4.78, 5) is 21.4. The Hall–Kier alpha value is -1.82. The number of rotatable bonds is 5. The van der Waals surface area contributed by atoms with Crippen molar-refractivity contribution in [2.45, 2.75) is 51.6 Å². The molecule has 2 saturated heterocycles. The van der Waals surface area contributed by atoms with Gasteiger partial charge in [0.15, 0.2) is 0 Å². The van der Waals surface area contributed by atoms with Crippen LogP contribution in [0, 0.1) is 0 Å². The molecule has 2 amide bonds. The molecular weight excluding hydrogens is 302 g/mol. The fourth-order valence-electron chi connectivity index (χ4n) is 3.95. The van der Waals surface area contributed by atoms with Crippen LogP contribution in [0.5, 0.6) is 0 Å². The van der Waals surface area contributed by atoms with Crippen molar-refractivity contribution < 1.29 is 4.79 Å². The summed E-state index contributed by atoms with van der Waals surface area (Å²) < 4.78 is 0. The van der Waals surface area contributed by atoms with E-state index < -0.39 is 0 Å². The van der Waals surface area contributed by atoms with Crippen molar-refractivity contribution in [2.24, 2.45) is 0 Å². The van der Waals surface area contributed by atoms with E-state index in [0.717, 1.165) is 37.6 Å². The van der Waals surface area contributed by atoms with Crippen molar-refractivity contribution in [3.63, 3.8) is 0 Å². The second kappa shape index (κ2) is 7.83. The number of nitrogens with zero attached hydrogens (tertiary/aromatic N) is 3. The Kier molecular flexibility index (Phi) is 5.56. The molecule has 2 aliphatic heterocycles. The number of carbonyl (C=O) groups excluding carboxylic acids is 1. The molecule has 3 rings (SSSR count). The lowest BCUT2D eigenvalue weighted by Gasteiger charge is -2.32. The zero-order valence-corrected chi connectivity index (χ0v) is 14.8. The summed E-state index contributed by atoms with van der Waals surface area (Å²) >= 11 is 0. The van der Waals surface area contributed by atoms with Crippen LogP contribution in [0.15, 0.2) is 18.3 Å². The van der Waals surface area contributed by atoms with Crippen LogP contribution in [0.3, 0.4) is 0 Å². The van der Waals surface area contributed by atoms with Gasteiger partial charge in [-0.2, -0.15) is 0 Å². The highest BCUT2D eigenvalue weighted by Gasteiger charge is 2.36. The Morgan fingerprint density at radius 3 is 2.79 bits per heavy atom. The molecule has 6 nitrogen and oxygen atoms in total. The summed E-state index contributed by atoms with van der Waals surface area (Å²) in [6, 6.07) is 4.55. The fraction of sp³-hybridized carbons (Fsp3) is 0.667. The number of carbonyl (C=O) groups is 1. The molecular formula is C18H29N5O. The maximum atomic E-state index is 12.3. The Morgan fingerprint density at radius 2 is 2.08 bits per heavy atom. The summed E-state index contributed by atoms with van der Waals surface area (Å²) in [5, 5.41) is 6.07. The molecule has 0 bridgehead atoms. The van der Waals surface area contributed by atoms with Crippen LogP contribution < -0.4 is 15.5 Å². The van der Waals surface area contributed by atoms with Gasteiger partial charge in [-0.25, -0.2) is 9.78 Å². The van der Waals surface area contributed by atoms with Crippen molar-refractivity contribution in [2.75, 3.05) is 36.4 Å². The van der Waals surface area contributed by atoms with E-state index in [1.54, 1.807) is 6.20 Å². The topological polar surface area (TPSA) is 60.5 Å². The first-order valence-electron chi connectivity index (χ1n) is 9.23. The van der Waals surface area contributed by atoms with Crippen LogP contribution in [0.4, 0.5) is 16.3 Å². The van der Waals surface area contributed by atoms with E-state index in [4.69, 9.17) is 0 Å². The lowest BCUT2D eigenvalue weighted by atomic mass is 9.99. The summed E-state index contributed by atoms with van der Waals surface area (Å²) in [7, 11) is 0. The fourth-order valence-corrected chi connectivity index (χ4v) is 3.95. The second-order valence-corrected chi connectivity index (χ2v) is 6.67. The molecule has 0 spiro atoms. The first-order chi connectivity index (χ1) is 11.7. The Morgan fingerprint density at radius 1 is 1.25 bits per heavy atom. The smallest absolute Gasteiger partial charge is 0.319 e. The first kappa shape index (κ1) is 17.0. The number of piperidine rings is 1. The molecule has 132 valence electrons. The van der Waals surface area contributed by atoms with Crippen molar-refractivity contribution >= 4 is 17.5 Å². The zero-order valence-electron chi connectivity index (χ0n) is 14.8. The standard InChI is InChI=1S/C18H29N5O/c1-3-22(4-2)17-9-8-14(13-19-17)20-18(24)21-15-10-12-23-11-6-5-7-16(15)23/h8-9,13,15-16H,3-7,10-12H2,1-2H3,(H2,20,21,24)/t15-,16-/m1/s1. The molecule has 0 saturated carbocycles. The quantitative estimate of drug-likeness (QED) is 0.871. The predicted octanol–water partition coefficient (Wildman–Crippen LogP) is 2.68. The van der Waals surface area contributed by atoms with Gasteiger partial charge >= 0.3 is 6.03 Å². The van der Waals surface area contributed by atoms with Crippen molar-refractivity contribution in [3.05, 3.63) is 18.3 Å². The van der Waals surface area contributed by atoms with Gasteiger partial charge in [-0.1, -0.05) is 6.42 Å². The number of hydrogen-bond donors (Lipinski definition) is 2. The van der Waals surface area contributed by atoms with Gasteiger partial charge in [0.25, 0.3) is 0 Å². The minimum atomic E-state index is -0.121. The van der Waals surface area contributed by atoms with Gasteiger partial charge in [-0.3, -0.25) is 4.90 Å². The van der Waals surface area contributed by atoms with E-state index in [-0.39, 0.29) is 12.1 Å². The molecule has 24 heavy (non-hydrogen) atoms. The van der Waals surface area contributed by atoms with Gasteiger partial charge < -0.3 is 15.5 Å². The Balaban J connectivity index is 1.53. The maximum absolute atomic E-state index is 12.3. The summed E-state index contributed by atoms with van der Waals surface area (Å²) in [6.07, 6.45) is 6.55. The molecule has 6 heteroatoms. The van der Waals surface area contributed by atoms with Crippen LogP contribution in [0.2, 0.25) is 0 Å². The minimum absolute atomic E-state index is 0.121. The predicted molar refractivity (Wildman–Crippen MR) is 97.6 cm³/mol. The number of anilines is 2. The van der Waals surface area contributed by atoms with Crippen LogP contribution in [0.1, 0.15) is 39.5 Å². The number of nitrogens with one attached hydrogen (secondary N) is 2. The minimum Gasteiger partial charge on any atom is -0.357 e. The highest BCUT2D eigenvalue weighted by molar-refractivity contribution is 5.89. The number of aromatic nitrogens is 1. The molecule has 0 aromatic carbocycles. The van der Waals surface area contributed by atoms with Gasteiger partial charge in [-0.05, 0) is 51.8 Å². The maximum Gasteiger partial charge on any atom is 0.319 e. The number of pyridine rings is 1. The van der Waals surface area contributed by atoms with Crippen molar-refractivity contribution in [1.29, 1.82) is 0 Å². The van der Waals surface area contributed by atoms with Crippen LogP contribution in [-0.2, 0) is 0 Å². The average molecular weight is 331 g/mol. The zero-order chi connectivity index (χ0) is 16.9. The molecule has 2 N–H and O–H groups in total. The lowest BCUT2D eigenvalue weighted by Crippen LogP contribution is -2.47. The highest BCUT2D eigenvalue weighted by atomic mass is 16.2. The van der Waals surface area contributed by atoms with Gasteiger partial charge in [-0.15, -0.1) is 0 Å². The van der Waals surface area contributed by atoms with Gasteiger partial charge in [0.05, 0.1) is 11.9 Å². The van der Waals surface area contributed by atoms with E-state index in [0.29, 0.717) is 6.04 Å². The number of amides is 2. The van der Waals surface area contributed by atoms with Gasteiger partial charge in [0.1, 0.15) is 5.82 Å². The van der Waals surface area contributed by atoms with Crippen molar-refractivity contribution in [3.8, 4) is 0 Å². The molecule has 1 aromatic heterocycles. The monoisotopic (exact) mass is 331 g/mol. The molecule has 2 aliphatic rings. The van der Waals surface area contributed by atoms with E-state index in [1.807, 2.05) is 12.1 Å². The summed E-state index contributed by atoms with van der Waals surface area (Å²) in [5.41, 5.74) is 0.738. The van der Waals surface area contributed by atoms with E-state index >= 15 is 0 Å². The third kappa shape index (κ3) is 3.80. The Bertz CT molecular complexity index is 543. The average Bonchev–Trinajstić information content (AvgIpc) is 3.00. The third-order valence-electron chi connectivity index (χ3n) is 5.27. The molecule has 2 fully saturated rings. The van der Waals surface area contributed by atoms with Crippen LogP contribution in [-0.4, -0.2) is 54.2 Å². The molecule has 3 heterocycles. The van der Waals surface area contributed by atoms with E-state index in [9.17, 15) is 4.79 Å². The first-order valence-corrected chi connectivity index (χ1v) is 9.23. The Labute approximate surface area is 144 Å². The third-order valence-corrected chi connectivity index (χ3v) is 5.27. The van der Waals surface area contributed by atoms with Crippen LogP contribution in [0.25, 0.3) is 0 Å². The van der Waals surface area contributed by atoms with Crippen LogP contribution >= 0.6 is 0 Å². The molecule has 0 unspecified atom stereocenters. The lowest BCUT2D eigenvalue weighted by molar-refractivity contribution is 0.180. The molecule has 2 atom stereocenters. The normalized spacial score (nSPS) is 23.6. The van der Waals surface area contributed by atoms with Crippen molar-refractivity contribution in [1.82, 2.24) is 15.2 Å². The van der Waals surface area contributed by atoms with Gasteiger partial charge in [0.2, 0.25) is 0 Å². The summed E-state index contributed by atoms with van der Waals surface area (Å²) in [6.45, 7) is 8.37. The highest BCUT2D eigenvalue weighted by Crippen LogP contribution is 2.27. The summed E-state index contributed by atoms with van der Waals surface area (Å²) in [5.74, 6) is 0.944. The molecule has 0 radical (unpaired) electrons.